The Morgan fingerprint density at radius 2 is 0.703 bits per heavy atom. The SMILES string of the molecule is c1ccc(-c2nc(-c3ccc(-c4c5ccccc5c(-c5cc6cccc7c8cccc9ccc%10cccc(c%11cccc5c%11c67)c%10c98)c5ccccc45)cc3)nc3ccccc23)cc1. The van der Waals surface area contributed by atoms with Gasteiger partial charge in [0.05, 0.1) is 11.2 Å². The highest BCUT2D eigenvalue weighted by molar-refractivity contribution is 6.39. The summed E-state index contributed by atoms with van der Waals surface area (Å²) in [5, 5.41) is 21.4. The Balaban J connectivity index is 1.03. The van der Waals surface area contributed by atoms with Gasteiger partial charge < -0.3 is 0 Å². The maximum Gasteiger partial charge on any atom is 0.160 e. The molecule has 0 amide bonds. The van der Waals surface area contributed by atoms with Crippen LogP contribution in [0.15, 0.2) is 218 Å². The molecule has 64 heavy (non-hydrogen) atoms. The molecule has 2 heteroatoms. The molecule has 14 aromatic rings. The van der Waals surface area contributed by atoms with Crippen molar-refractivity contribution in [2.45, 2.75) is 0 Å². The van der Waals surface area contributed by atoms with E-state index in [9.17, 15) is 0 Å². The molecular weight excluding hydrogens is 773 g/mol. The summed E-state index contributed by atoms with van der Waals surface area (Å²) in [6, 6.07) is 80.1. The van der Waals surface area contributed by atoms with Gasteiger partial charge in [-0.25, -0.2) is 9.97 Å². The first-order chi connectivity index (χ1) is 31.8. The first-order valence-corrected chi connectivity index (χ1v) is 22.1. The van der Waals surface area contributed by atoms with Crippen LogP contribution in [0.2, 0.25) is 0 Å². The number of nitrogens with zero attached hydrogens (tertiary/aromatic N) is 2. The van der Waals surface area contributed by atoms with E-state index in [1.165, 1.54) is 103 Å². The molecule has 0 radical (unpaired) electrons. The molecule has 294 valence electrons. The summed E-state index contributed by atoms with van der Waals surface area (Å²) in [6.07, 6.45) is 0. The summed E-state index contributed by atoms with van der Waals surface area (Å²) in [6.45, 7) is 0. The van der Waals surface area contributed by atoms with Crippen molar-refractivity contribution in [1.29, 1.82) is 0 Å². The summed E-state index contributed by atoms with van der Waals surface area (Å²) < 4.78 is 0. The van der Waals surface area contributed by atoms with Crippen molar-refractivity contribution < 1.29 is 0 Å². The molecule has 0 aliphatic rings. The number of para-hydroxylation sites is 1. The molecule has 14 rings (SSSR count). The van der Waals surface area contributed by atoms with Gasteiger partial charge in [0, 0.05) is 16.5 Å². The Morgan fingerprint density at radius 1 is 0.250 bits per heavy atom. The summed E-state index contributed by atoms with van der Waals surface area (Å²) in [4.78, 5) is 10.3. The summed E-state index contributed by atoms with van der Waals surface area (Å²) in [7, 11) is 0. The smallest absolute Gasteiger partial charge is 0.160 e. The number of rotatable bonds is 4. The fourth-order valence-corrected chi connectivity index (χ4v) is 11.0. The Labute approximate surface area is 368 Å². The number of aromatic nitrogens is 2. The number of hydrogen-bond donors (Lipinski definition) is 0. The van der Waals surface area contributed by atoms with Gasteiger partial charge in [0.25, 0.3) is 0 Å². The maximum atomic E-state index is 5.18. The number of benzene rings is 12. The quantitative estimate of drug-likeness (QED) is 0.131. The zero-order chi connectivity index (χ0) is 41.9. The lowest BCUT2D eigenvalue weighted by atomic mass is 9.82. The van der Waals surface area contributed by atoms with E-state index in [0.717, 1.165) is 39.1 Å². The predicted molar refractivity (Wildman–Crippen MR) is 273 cm³/mol. The van der Waals surface area contributed by atoms with E-state index in [2.05, 4.69) is 206 Å². The van der Waals surface area contributed by atoms with Crippen LogP contribution in [0.5, 0.6) is 0 Å². The highest BCUT2D eigenvalue weighted by Crippen LogP contribution is 2.50. The van der Waals surface area contributed by atoms with Gasteiger partial charge in [0.1, 0.15) is 0 Å². The molecular formula is C62H36N2. The molecule has 13 aromatic carbocycles. The monoisotopic (exact) mass is 808 g/mol. The third-order valence-corrected chi connectivity index (χ3v) is 13.8. The molecule has 0 saturated carbocycles. The first-order valence-electron chi connectivity index (χ1n) is 22.1. The van der Waals surface area contributed by atoms with Gasteiger partial charge >= 0.3 is 0 Å². The topological polar surface area (TPSA) is 25.8 Å². The fraction of sp³-hybridized carbons (Fsp3) is 0. The fourth-order valence-electron chi connectivity index (χ4n) is 11.0. The van der Waals surface area contributed by atoms with Gasteiger partial charge in [0.2, 0.25) is 0 Å². The normalized spacial score (nSPS) is 12.1. The zero-order valence-corrected chi connectivity index (χ0v) is 34.7. The van der Waals surface area contributed by atoms with Gasteiger partial charge in [-0.2, -0.15) is 0 Å². The largest absolute Gasteiger partial charge is 0.228 e. The average Bonchev–Trinajstić information content (AvgIpc) is 3.36. The van der Waals surface area contributed by atoms with E-state index in [4.69, 9.17) is 9.97 Å². The van der Waals surface area contributed by atoms with Crippen LogP contribution in [0, 0.1) is 0 Å². The second-order valence-corrected chi connectivity index (χ2v) is 17.1. The molecule has 0 atom stereocenters. The Bertz CT molecular complexity index is 4170. The minimum absolute atomic E-state index is 0.718. The third kappa shape index (κ3) is 5.02. The summed E-state index contributed by atoms with van der Waals surface area (Å²) in [5.41, 5.74) is 8.83. The highest BCUT2D eigenvalue weighted by Gasteiger charge is 2.22. The third-order valence-electron chi connectivity index (χ3n) is 13.8. The van der Waals surface area contributed by atoms with Crippen molar-refractivity contribution in [3.8, 4) is 44.9 Å². The van der Waals surface area contributed by atoms with E-state index in [0.29, 0.717) is 0 Å². The molecule has 0 aliphatic heterocycles. The van der Waals surface area contributed by atoms with Crippen LogP contribution in [0.1, 0.15) is 0 Å². The molecule has 0 bridgehead atoms. The molecule has 0 N–H and O–H groups in total. The van der Waals surface area contributed by atoms with Gasteiger partial charge in [0.15, 0.2) is 5.82 Å². The van der Waals surface area contributed by atoms with Crippen molar-refractivity contribution in [3.63, 3.8) is 0 Å². The van der Waals surface area contributed by atoms with Gasteiger partial charge in [-0.15, -0.1) is 0 Å². The highest BCUT2D eigenvalue weighted by atomic mass is 14.9. The predicted octanol–water partition coefficient (Wildman–Crippen LogP) is 17.0. The van der Waals surface area contributed by atoms with Crippen LogP contribution in [0.3, 0.4) is 0 Å². The molecule has 0 aliphatic carbocycles. The van der Waals surface area contributed by atoms with Crippen LogP contribution in [-0.2, 0) is 0 Å². The lowest BCUT2D eigenvalue weighted by Crippen LogP contribution is -1.95. The van der Waals surface area contributed by atoms with Crippen LogP contribution in [0.4, 0.5) is 0 Å². The Morgan fingerprint density at radius 3 is 1.33 bits per heavy atom. The van der Waals surface area contributed by atoms with Crippen molar-refractivity contribution >= 4 is 97.1 Å². The molecule has 1 aromatic heterocycles. The summed E-state index contributed by atoms with van der Waals surface area (Å²) >= 11 is 0. The first kappa shape index (κ1) is 35.2. The van der Waals surface area contributed by atoms with Crippen LogP contribution in [0.25, 0.3) is 142 Å². The zero-order valence-electron chi connectivity index (χ0n) is 34.7. The van der Waals surface area contributed by atoms with Crippen molar-refractivity contribution in [1.82, 2.24) is 9.97 Å². The minimum atomic E-state index is 0.718. The minimum Gasteiger partial charge on any atom is -0.228 e. The molecule has 2 nitrogen and oxygen atoms in total. The molecule has 0 unspecified atom stereocenters. The van der Waals surface area contributed by atoms with Crippen LogP contribution in [-0.4, -0.2) is 9.97 Å². The molecule has 1 heterocycles. The van der Waals surface area contributed by atoms with E-state index in [-0.39, 0.29) is 0 Å². The average molecular weight is 809 g/mol. The second kappa shape index (κ2) is 13.5. The van der Waals surface area contributed by atoms with Gasteiger partial charge in [-0.05, 0) is 121 Å². The van der Waals surface area contributed by atoms with E-state index >= 15 is 0 Å². The van der Waals surface area contributed by atoms with Gasteiger partial charge in [-0.1, -0.05) is 206 Å². The Hall–Kier alpha value is -8.46. The molecule has 0 saturated heterocycles. The lowest BCUT2D eigenvalue weighted by molar-refractivity contribution is 1.23. The van der Waals surface area contributed by atoms with E-state index in [1.807, 2.05) is 12.1 Å². The van der Waals surface area contributed by atoms with E-state index < -0.39 is 0 Å². The second-order valence-electron chi connectivity index (χ2n) is 17.1. The van der Waals surface area contributed by atoms with Crippen molar-refractivity contribution in [2.24, 2.45) is 0 Å². The van der Waals surface area contributed by atoms with E-state index in [1.54, 1.807) is 0 Å². The van der Waals surface area contributed by atoms with Gasteiger partial charge in [-0.3, -0.25) is 0 Å². The standard InChI is InChI=1S/C62H36N2/c1-2-14-40(15-3-1)61-52-23-8-9-29-54(52)63-62(64-61)41-34-32-39(33-35-41)55-43-19-4-6-21-48(43)59(49-22-7-5-20-44(49)55)53-36-42-18-12-26-46-45-24-10-16-37-30-31-38-17-11-25-47(57(38)56(37)45)50-27-13-28-51(53)60(50)58(42)46/h1-36H. The van der Waals surface area contributed by atoms with Crippen LogP contribution >= 0.6 is 0 Å². The molecule has 0 spiro atoms. The Kier molecular flexibility index (Phi) is 7.43. The maximum absolute atomic E-state index is 5.18. The molecule has 0 fully saturated rings. The van der Waals surface area contributed by atoms with Crippen molar-refractivity contribution in [2.75, 3.05) is 0 Å². The number of fused-ring (bicyclic) bond motifs is 5. The lowest BCUT2D eigenvalue weighted by Gasteiger charge is -2.21. The van der Waals surface area contributed by atoms with Crippen molar-refractivity contribution in [3.05, 3.63) is 218 Å². The van der Waals surface area contributed by atoms with Crippen LogP contribution < -0.4 is 0 Å². The number of hydrogen-bond acceptors (Lipinski definition) is 2. The summed E-state index contributed by atoms with van der Waals surface area (Å²) in [5.74, 6) is 0.718.